The van der Waals surface area contributed by atoms with Crippen LogP contribution in [-0.2, 0) is 0 Å². The van der Waals surface area contributed by atoms with Gasteiger partial charge in [0.2, 0.25) is 5.65 Å². The third-order valence-corrected chi connectivity index (χ3v) is 1.26. The van der Waals surface area contributed by atoms with Crippen LogP contribution in [0.5, 0.6) is 0 Å². The van der Waals surface area contributed by atoms with E-state index in [0.29, 0.717) is 11.2 Å². The lowest BCUT2D eigenvalue weighted by molar-refractivity contribution is 0.314. The molecule has 2 heterocycles. The van der Waals surface area contributed by atoms with Crippen molar-refractivity contribution in [2.75, 3.05) is 0 Å². The van der Waals surface area contributed by atoms with Gasteiger partial charge in [0.25, 0.3) is 0 Å². The minimum atomic E-state index is 0.569. The molecule has 0 radical (unpaired) electrons. The summed E-state index contributed by atoms with van der Waals surface area (Å²) in [7, 11) is 0. The molecule has 0 spiro atoms. The highest BCUT2D eigenvalue weighted by Crippen LogP contribution is 2.05. The Labute approximate surface area is 56.8 Å². The Hall–Kier alpha value is -1.45. The van der Waals surface area contributed by atoms with Gasteiger partial charge in [-0.3, -0.25) is 0 Å². The van der Waals surface area contributed by atoms with Crippen molar-refractivity contribution in [2.24, 2.45) is 0 Å². The van der Waals surface area contributed by atoms with E-state index in [0.717, 1.165) is 5.69 Å². The summed E-state index contributed by atoms with van der Waals surface area (Å²) < 4.78 is 4.46. The molecule has 0 N–H and O–H groups in total. The van der Waals surface area contributed by atoms with Gasteiger partial charge in [-0.1, -0.05) is 0 Å². The van der Waals surface area contributed by atoms with E-state index < -0.39 is 0 Å². The third-order valence-electron chi connectivity index (χ3n) is 1.26. The van der Waals surface area contributed by atoms with E-state index >= 15 is 0 Å². The smallest absolute Gasteiger partial charge is 0.224 e. The molecule has 0 aliphatic heterocycles. The molecule has 0 aromatic carbocycles. The van der Waals surface area contributed by atoms with Crippen LogP contribution in [0.2, 0.25) is 0 Å². The Morgan fingerprint density at radius 2 is 2.20 bits per heavy atom. The van der Waals surface area contributed by atoms with Crippen molar-refractivity contribution >= 4 is 11.2 Å². The second-order valence-electron chi connectivity index (χ2n) is 2.06. The predicted octanol–water partition coefficient (Wildman–Crippen LogP) is 0.926. The fourth-order valence-corrected chi connectivity index (χ4v) is 0.777. The van der Waals surface area contributed by atoms with Gasteiger partial charge in [0.05, 0.1) is 0 Å². The van der Waals surface area contributed by atoms with E-state index in [2.05, 4.69) is 19.9 Å². The molecule has 0 bridgehead atoms. The lowest BCUT2D eigenvalue weighted by Crippen LogP contribution is -1.79. The van der Waals surface area contributed by atoms with Crippen molar-refractivity contribution in [2.45, 2.75) is 6.92 Å². The Balaban J connectivity index is 2.86. The molecule has 0 fully saturated rings. The Morgan fingerprint density at radius 1 is 1.30 bits per heavy atom. The highest BCUT2D eigenvalue weighted by Gasteiger charge is 1.98. The number of rotatable bonds is 0. The molecule has 0 atom stereocenters. The average molecular weight is 135 g/mol. The first kappa shape index (κ1) is 5.34. The summed E-state index contributed by atoms with van der Waals surface area (Å²) in [5.41, 5.74) is 2.19. The van der Waals surface area contributed by atoms with Crippen molar-refractivity contribution in [1.29, 1.82) is 0 Å². The predicted molar refractivity (Wildman–Crippen MR) is 34.3 cm³/mol. The van der Waals surface area contributed by atoms with Crippen molar-refractivity contribution in [3.8, 4) is 0 Å². The molecule has 4 nitrogen and oxygen atoms in total. The van der Waals surface area contributed by atoms with Crippen LogP contribution in [0.3, 0.4) is 0 Å². The fourth-order valence-electron chi connectivity index (χ4n) is 0.777. The van der Waals surface area contributed by atoms with Gasteiger partial charge in [-0.25, -0.2) is 9.61 Å². The molecule has 0 saturated carbocycles. The summed E-state index contributed by atoms with van der Waals surface area (Å²) in [6, 6.07) is 3.70. The molecule has 0 unspecified atom stereocenters. The summed E-state index contributed by atoms with van der Waals surface area (Å²) in [5, 5.41) is 7.19. The van der Waals surface area contributed by atoms with Gasteiger partial charge >= 0.3 is 0 Å². The topological polar surface area (TPSA) is 51.8 Å². The van der Waals surface area contributed by atoms with E-state index in [1.807, 2.05) is 19.1 Å². The van der Waals surface area contributed by atoms with Crippen molar-refractivity contribution in [1.82, 2.24) is 15.3 Å². The zero-order valence-electron chi connectivity index (χ0n) is 5.40. The summed E-state index contributed by atoms with van der Waals surface area (Å²) in [4.78, 5) is 4.07. The molecule has 0 aliphatic rings. The first-order chi connectivity index (χ1) is 4.86. The van der Waals surface area contributed by atoms with Gasteiger partial charge < -0.3 is 0 Å². The maximum atomic E-state index is 4.46. The molecule has 10 heavy (non-hydrogen) atoms. The van der Waals surface area contributed by atoms with Crippen LogP contribution in [-0.4, -0.2) is 15.3 Å². The van der Waals surface area contributed by atoms with E-state index in [1.54, 1.807) is 0 Å². The minimum Gasteiger partial charge on any atom is -0.242 e. The van der Waals surface area contributed by atoms with E-state index in [1.165, 1.54) is 0 Å². The largest absolute Gasteiger partial charge is 0.242 e. The number of nitrogens with zero attached hydrogens (tertiary/aromatic N) is 3. The maximum absolute atomic E-state index is 4.46. The minimum absolute atomic E-state index is 0.569. The third kappa shape index (κ3) is 0.655. The van der Waals surface area contributed by atoms with Gasteiger partial charge in [-0.05, 0) is 29.4 Å². The maximum Gasteiger partial charge on any atom is 0.224 e. The number of hydrogen-bond donors (Lipinski definition) is 0. The van der Waals surface area contributed by atoms with Crippen LogP contribution in [0.4, 0.5) is 0 Å². The standard InChI is InChI=1S/C6H5N3O/c1-4-2-3-5-6(7-4)9-10-8-5/h2-3H,1H3. The van der Waals surface area contributed by atoms with Crippen molar-refractivity contribution in [3.05, 3.63) is 17.8 Å². The zero-order chi connectivity index (χ0) is 6.97. The molecular formula is C6H5N3O. The van der Waals surface area contributed by atoms with Gasteiger partial charge in [0, 0.05) is 5.69 Å². The number of aryl methyl sites for hydroxylation is 1. The Bertz CT molecular complexity index is 355. The number of aromatic nitrogens is 3. The summed E-state index contributed by atoms with van der Waals surface area (Å²) in [6.07, 6.45) is 0. The lowest BCUT2D eigenvalue weighted by atomic mass is 10.4. The molecule has 2 rings (SSSR count). The average Bonchev–Trinajstić information content (AvgIpc) is 2.33. The van der Waals surface area contributed by atoms with E-state index in [4.69, 9.17) is 0 Å². The van der Waals surface area contributed by atoms with E-state index in [9.17, 15) is 0 Å². The molecule has 0 amide bonds. The van der Waals surface area contributed by atoms with Gasteiger partial charge in [-0.2, -0.15) is 0 Å². The fraction of sp³-hybridized carbons (Fsp3) is 0.167. The van der Waals surface area contributed by atoms with E-state index in [-0.39, 0.29) is 0 Å². The first-order valence-corrected chi connectivity index (χ1v) is 2.92. The van der Waals surface area contributed by atoms with Crippen LogP contribution in [0.15, 0.2) is 16.8 Å². The molecular weight excluding hydrogens is 130 g/mol. The molecule has 0 saturated heterocycles. The Morgan fingerprint density at radius 3 is 3.10 bits per heavy atom. The Kier molecular flexibility index (Phi) is 0.943. The highest BCUT2D eigenvalue weighted by molar-refractivity contribution is 5.67. The number of fused-ring (bicyclic) bond motifs is 1. The van der Waals surface area contributed by atoms with Crippen LogP contribution >= 0.6 is 0 Å². The molecule has 2 aromatic heterocycles. The monoisotopic (exact) mass is 135 g/mol. The second-order valence-corrected chi connectivity index (χ2v) is 2.06. The van der Waals surface area contributed by atoms with Gasteiger partial charge in [0.1, 0.15) is 0 Å². The summed E-state index contributed by atoms with van der Waals surface area (Å²) in [5.74, 6) is 0. The van der Waals surface area contributed by atoms with Gasteiger partial charge in [0.15, 0.2) is 5.52 Å². The highest BCUT2D eigenvalue weighted by atomic mass is 16.6. The van der Waals surface area contributed by atoms with Crippen LogP contribution in [0, 0.1) is 6.92 Å². The zero-order valence-corrected chi connectivity index (χ0v) is 5.40. The van der Waals surface area contributed by atoms with Crippen molar-refractivity contribution in [3.63, 3.8) is 0 Å². The SMILES string of the molecule is Cc1ccc2nonc2n1. The first-order valence-electron chi connectivity index (χ1n) is 2.92. The molecule has 4 heteroatoms. The van der Waals surface area contributed by atoms with Crippen LogP contribution in [0.25, 0.3) is 11.2 Å². The van der Waals surface area contributed by atoms with Crippen molar-refractivity contribution < 1.29 is 4.63 Å². The normalized spacial score (nSPS) is 10.5. The summed E-state index contributed by atoms with van der Waals surface area (Å²) in [6.45, 7) is 1.90. The number of hydrogen-bond acceptors (Lipinski definition) is 4. The quantitative estimate of drug-likeness (QED) is 0.539. The molecule has 0 aliphatic carbocycles. The lowest BCUT2D eigenvalue weighted by Gasteiger charge is -1.85. The molecule has 2 aromatic rings. The van der Waals surface area contributed by atoms with Gasteiger partial charge in [-0.15, -0.1) is 0 Å². The molecule has 50 valence electrons. The van der Waals surface area contributed by atoms with Crippen LogP contribution < -0.4 is 0 Å². The van der Waals surface area contributed by atoms with Crippen LogP contribution in [0.1, 0.15) is 5.69 Å². The second kappa shape index (κ2) is 1.76. The number of pyridine rings is 1. The summed E-state index contributed by atoms with van der Waals surface area (Å²) >= 11 is 0.